The van der Waals surface area contributed by atoms with Crippen LogP contribution in [0.3, 0.4) is 0 Å². The third kappa shape index (κ3) is 4.83. The Bertz CT molecular complexity index is 567. The van der Waals surface area contributed by atoms with Crippen molar-refractivity contribution >= 4 is 0 Å². The first kappa shape index (κ1) is 15.5. The Kier molecular flexibility index (Phi) is 4.92. The van der Waals surface area contributed by atoms with Gasteiger partial charge in [-0.1, -0.05) is 17.3 Å². The van der Waals surface area contributed by atoms with Crippen molar-refractivity contribution in [3.8, 4) is 11.5 Å². The number of nitrogens with two attached hydrogens (primary N) is 1. The molecule has 0 radical (unpaired) electrons. The van der Waals surface area contributed by atoms with Gasteiger partial charge in [-0.2, -0.15) is 18.2 Å². The molecule has 21 heavy (non-hydrogen) atoms. The van der Waals surface area contributed by atoms with Crippen LogP contribution in [-0.2, 0) is 17.8 Å². The zero-order valence-corrected chi connectivity index (χ0v) is 11.1. The fraction of sp³-hybridized carbons (Fsp3) is 0.385. The van der Waals surface area contributed by atoms with Crippen molar-refractivity contribution < 1.29 is 22.4 Å². The van der Waals surface area contributed by atoms with Gasteiger partial charge in [-0.05, 0) is 30.7 Å². The molecule has 0 aliphatic carbocycles. The van der Waals surface area contributed by atoms with E-state index in [2.05, 4.69) is 14.9 Å². The molecule has 2 rings (SSSR count). The molecule has 1 aromatic carbocycles. The summed E-state index contributed by atoms with van der Waals surface area (Å²) in [5.41, 5.74) is 7.22. The minimum atomic E-state index is -4.37. The highest BCUT2D eigenvalue weighted by molar-refractivity contribution is 5.53. The first-order valence-electron chi connectivity index (χ1n) is 6.24. The summed E-state index contributed by atoms with van der Waals surface area (Å²) in [6.07, 6.45) is -3.61. The SMILES string of the molecule is NCCc1ccc(-c2nc(COCC(F)(F)F)no2)cc1. The van der Waals surface area contributed by atoms with E-state index in [1.54, 1.807) is 12.1 Å². The second-order valence-electron chi connectivity index (χ2n) is 4.36. The molecule has 1 heterocycles. The summed E-state index contributed by atoms with van der Waals surface area (Å²) >= 11 is 0. The molecule has 0 fully saturated rings. The lowest BCUT2D eigenvalue weighted by atomic mass is 10.1. The molecule has 0 aliphatic rings. The summed E-state index contributed by atoms with van der Waals surface area (Å²) in [5, 5.41) is 3.57. The number of hydrogen-bond acceptors (Lipinski definition) is 5. The van der Waals surface area contributed by atoms with Gasteiger partial charge in [-0.25, -0.2) is 0 Å². The van der Waals surface area contributed by atoms with Gasteiger partial charge in [0, 0.05) is 5.56 Å². The van der Waals surface area contributed by atoms with Crippen LogP contribution in [0.2, 0.25) is 0 Å². The van der Waals surface area contributed by atoms with E-state index in [4.69, 9.17) is 10.3 Å². The van der Waals surface area contributed by atoms with Crippen molar-refractivity contribution in [1.82, 2.24) is 10.1 Å². The zero-order chi connectivity index (χ0) is 15.3. The predicted molar refractivity (Wildman–Crippen MR) is 68.2 cm³/mol. The van der Waals surface area contributed by atoms with Gasteiger partial charge in [-0.15, -0.1) is 0 Å². The number of halogens is 3. The molecule has 0 spiro atoms. The Morgan fingerprint density at radius 2 is 1.90 bits per heavy atom. The van der Waals surface area contributed by atoms with Crippen LogP contribution in [0.4, 0.5) is 13.2 Å². The fourth-order valence-electron chi connectivity index (χ4n) is 1.67. The van der Waals surface area contributed by atoms with Crippen LogP contribution in [0.1, 0.15) is 11.4 Å². The minimum absolute atomic E-state index is 0.0697. The third-order valence-electron chi connectivity index (χ3n) is 2.60. The second-order valence-corrected chi connectivity index (χ2v) is 4.36. The van der Waals surface area contributed by atoms with Crippen molar-refractivity contribution in [3.05, 3.63) is 35.7 Å². The molecule has 0 unspecified atom stereocenters. The smallest absolute Gasteiger partial charge is 0.364 e. The number of nitrogens with zero attached hydrogens (tertiary/aromatic N) is 2. The average molecular weight is 301 g/mol. The van der Waals surface area contributed by atoms with E-state index in [-0.39, 0.29) is 18.3 Å². The maximum Gasteiger partial charge on any atom is 0.411 e. The fourth-order valence-corrected chi connectivity index (χ4v) is 1.67. The number of hydrogen-bond donors (Lipinski definition) is 1. The molecule has 2 N–H and O–H groups in total. The number of alkyl halides is 3. The molecule has 0 amide bonds. The van der Waals surface area contributed by atoms with Gasteiger partial charge in [0.15, 0.2) is 5.82 Å². The van der Waals surface area contributed by atoms with Crippen molar-refractivity contribution in [3.63, 3.8) is 0 Å². The Morgan fingerprint density at radius 3 is 2.52 bits per heavy atom. The topological polar surface area (TPSA) is 74.2 Å². The van der Waals surface area contributed by atoms with Gasteiger partial charge in [0.1, 0.15) is 13.2 Å². The Balaban J connectivity index is 1.96. The van der Waals surface area contributed by atoms with E-state index < -0.39 is 12.8 Å². The van der Waals surface area contributed by atoms with Crippen molar-refractivity contribution in [2.75, 3.05) is 13.2 Å². The van der Waals surface area contributed by atoms with Gasteiger partial charge >= 0.3 is 6.18 Å². The van der Waals surface area contributed by atoms with Gasteiger partial charge in [0.2, 0.25) is 0 Å². The third-order valence-corrected chi connectivity index (χ3v) is 2.60. The molecule has 114 valence electrons. The first-order chi connectivity index (χ1) is 9.98. The van der Waals surface area contributed by atoms with Crippen LogP contribution >= 0.6 is 0 Å². The molecule has 0 atom stereocenters. The lowest BCUT2D eigenvalue weighted by molar-refractivity contribution is -0.177. The minimum Gasteiger partial charge on any atom is -0.364 e. The summed E-state index contributed by atoms with van der Waals surface area (Å²) in [6.45, 7) is -1.14. The van der Waals surface area contributed by atoms with Crippen LogP contribution in [0.15, 0.2) is 28.8 Å². The van der Waals surface area contributed by atoms with E-state index in [1.165, 1.54) is 0 Å². The van der Waals surface area contributed by atoms with Gasteiger partial charge in [-0.3, -0.25) is 0 Å². The largest absolute Gasteiger partial charge is 0.411 e. The normalized spacial score (nSPS) is 11.8. The van der Waals surface area contributed by atoms with Gasteiger partial charge < -0.3 is 15.0 Å². The number of benzene rings is 1. The molecular weight excluding hydrogens is 287 g/mol. The van der Waals surface area contributed by atoms with Crippen LogP contribution in [0.5, 0.6) is 0 Å². The van der Waals surface area contributed by atoms with Crippen molar-refractivity contribution in [1.29, 1.82) is 0 Å². The Labute approximate surface area is 118 Å². The van der Waals surface area contributed by atoms with E-state index >= 15 is 0 Å². The summed E-state index contributed by atoms with van der Waals surface area (Å²) < 4.78 is 45.2. The molecule has 5 nitrogen and oxygen atoms in total. The monoisotopic (exact) mass is 301 g/mol. The molecule has 0 saturated carbocycles. The highest BCUT2D eigenvalue weighted by atomic mass is 19.4. The zero-order valence-electron chi connectivity index (χ0n) is 11.1. The van der Waals surface area contributed by atoms with Crippen LogP contribution < -0.4 is 5.73 Å². The second kappa shape index (κ2) is 6.68. The van der Waals surface area contributed by atoms with E-state index in [1.807, 2.05) is 12.1 Å². The quantitative estimate of drug-likeness (QED) is 0.886. The summed E-state index contributed by atoms with van der Waals surface area (Å²) in [6, 6.07) is 7.34. The number of ether oxygens (including phenoxy) is 1. The van der Waals surface area contributed by atoms with E-state index in [0.717, 1.165) is 12.0 Å². The summed E-state index contributed by atoms with van der Waals surface area (Å²) in [4.78, 5) is 3.98. The molecule has 8 heteroatoms. The summed E-state index contributed by atoms with van der Waals surface area (Å²) in [5.74, 6) is 0.306. The maximum atomic E-state index is 11.9. The highest BCUT2D eigenvalue weighted by Crippen LogP contribution is 2.19. The molecule has 1 aromatic heterocycles. The van der Waals surface area contributed by atoms with E-state index in [0.29, 0.717) is 12.1 Å². The predicted octanol–water partition coefficient (Wildman–Crippen LogP) is 2.32. The van der Waals surface area contributed by atoms with Crippen molar-refractivity contribution in [2.24, 2.45) is 5.73 Å². The van der Waals surface area contributed by atoms with Gasteiger partial charge in [0.25, 0.3) is 5.89 Å². The average Bonchev–Trinajstić information content (AvgIpc) is 2.87. The molecule has 0 bridgehead atoms. The first-order valence-corrected chi connectivity index (χ1v) is 6.24. The van der Waals surface area contributed by atoms with E-state index in [9.17, 15) is 13.2 Å². The Morgan fingerprint density at radius 1 is 1.19 bits per heavy atom. The van der Waals surface area contributed by atoms with Crippen LogP contribution in [0, 0.1) is 0 Å². The van der Waals surface area contributed by atoms with Crippen LogP contribution in [-0.4, -0.2) is 29.5 Å². The van der Waals surface area contributed by atoms with Crippen LogP contribution in [0.25, 0.3) is 11.5 Å². The Hall–Kier alpha value is -1.93. The molecule has 2 aromatic rings. The molecular formula is C13H14F3N3O2. The molecule has 0 saturated heterocycles. The lowest BCUT2D eigenvalue weighted by Gasteiger charge is -2.04. The molecule has 0 aliphatic heterocycles. The number of rotatable bonds is 6. The summed E-state index contributed by atoms with van der Waals surface area (Å²) in [7, 11) is 0. The maximum absolute atomic E-state index is 11.9. The lowest BCUT2D eigenvalue weighted by Crippen LogP contribution is -2.16. The van der Waals surface area contributed by atoms with Gasteiger partial charge in [0.05, 0.1) is 0 Å². The number of aromatic nitrogens is 2. The highest BCUT2D eigenvalue weighted by Gasteiger charge is 2.27. The van der Waals surface area contributed by atoms with Crippen molar-refractivity contribution in [2.45, 2.75) is 19.2 Å². The standard InChI is InChI=1S/C13H14F3N3O2/c14-13(15,16)8-20-7-11-18-12(21-19-11)10-3-1-9(2-4-10)5-6-17/h1-4H,5-8,17H2.